The Bertz CT molecular complexity index is 537. The van der Waals surface area contributed by atoms with Gasteiger partial charge >= 0.3 is 0 Å². The molecule has 2 rings (SSSR count). The Balaban J connectivity index is 2.15. The summed E-state index contributed by atoms with van der Waals surface area (Å²) in [6, 6.07) is 11.4. The molecule has 1 N–H and O–H groups in total. The molecule has 0 saturated heterocycles. The smallest absolute Gasteiger partial charge is 0.149 e. The Hall–Kier alpha value is -1.94. The molecule has 0 aromatic heterocycles. The molecule has 2 aromatic rings. The number of para-hydroxylation sites is 1. The van der Waals surface area contributed by atoms with Crippen LogP contribution >= 0.6 is 0 Å². The van der Waals surface area contributed by atoms with Crippen LogP contribution in [0.15, 0.2) is 42.5 Å². The summed E-state index contributed by atoms with van der Waals surface area (Å²) in [6.45, 7) is 0.814. The van der Waals surface area contributed by atoms with Crippen molar-refractivity contribution in [1.82, 2.24) is 0 Å². The maximum Gasteiger partial charge on any atom is 0.149 e. The van der Waals surface area contributed by atoms with E-state index in [9.17, 15) is 8.78 Å². The molecule has 0 atom stereocenters. The average molecular weight is 263 g/mol. The number of methoxy groups -OCH3 is 1. The molecule has 0 heterocycles. The van der Waals surface area contributed by atoms with Gasteiger partial charge in [0, 0.05) is 13.7 Å². The van der Waals surface area contributed by atoms with Gasteiger partial charge in [0.25, 0.3) is 0 Å². The monoisotopic (exact) mass is 263 g/mol. The molecule has 0 fully saturated rings. The van der Waals surface area contributed by atoms with E-state index in [-0.39, 0.29) is 5.69 Å². The van der Waals surface area contributed by atoms with E-state index in [1.165, 1.54) is 18.2 Å². The second-order valence-corrected chi connectivity index (χ2v) is 4.15. The highest BCUT2D eigenvalue weighted by molar-refractivity contribution is 5.47. The fourth-order valence-electron chi connectivity index (χ4n) is 1.88. The molecular weight excluding hydrogens is 248 g/mol. The lowest BCUT2D eigenvalue weighted by Crippen LogP contribution is -2.06. The summed E-state index contributed by atoms with van der Waals surface area (Å²) >= 11 is 0. The van der Waals surface area contributed by atoms with Gasteiger partial charge in [0.15, 0.2) is 0 Å². The number of ether oxygens (including phenoxy) is 1. The lowest BCUT2D eigenvalue weighted by molar-refractivity contribution is 0.184. The first-order chi connectivity index (χ1) is 9.22. The van der Waals surface area contributed by atoms with Crippen LogP contribution in [0.1, 0.15) is 11.1 Å². The van der Waals surface area contributed by atoms with Gasteiger partial charge in [-0.15, -0.1) is 0 Å². The third-order valence-electron chi connectivity index (χ3n) is 2.84. The molecule has 2 aromatic carbocycles. The average Bonchev–Trinajstić information content (AvgIpc) is 2.40. The Morgan fingerprint density at radius 1 is 0.947 bits per heavy atom. The molecular formula is C15H15F2NO. The van der Waals surface area contributed by atoms with Crippen molar-refractivity contribution in [1.29, 1.82) is 0 Å². The summed E-state index contributed by atoms with van der Waals surface area (Å²) in [4.78, 5) is 0. The third kappa shape index (κ3) is 3.29. The molecule has 0 aliphatic rings. The van der Waals surface area contributed by atoms with Crippen molar-refractivity contribution in [2.75, 3.05) is 12.4 Å². The zero-order chi connectivity index (χ0) is 13.7. The molecule has 4 heteroatoms. The van der Waals surface area contributed by atoms with Crippen LogP contribution in [0.3, 0.4) is 0 Å². The number of anilines is 1. The van der Waals surface area contributed by atoms with Crippen LogP contribution in [0, 0.1) is 11.6 Å². The number of halogens is 2. The molecule has 0 saturated carbocycles. The van der Waals surface area contributed by atoms with Gasteiger partial charge in [-0.2, -0.15) is 0 Å². The predicted octanol–water partition coefficient (Wildman–Crippen LogP) is 3.72. The summed E-state index contributed by atoms with van der Waals surface area (Å²) in [5, 5.41) is 2.79. The van der Waals surface area contributed by atoms with E-state index in [1.807, 2.05) is 24.3 Å². The van der Waals surface area contributed by atoms with Gasteiger partial charge in [0.2, 0.25) is 0 Å². The summed E-state index contributed by atoms with van der Waals surface area (Å²) in [6.07, 6.45) is 0. The molecule has 100 valence electrons. The first-order valence-electron chi connectivity index (χ1n) is 5.96. The second kappa shape index (κ2) is 6.29. The molecule has 0 bridgehead atoms. The van der Waals surface area contributed by atoms with Gasteiger partial charge in [0.1, 0.15) is 17.3 Å². The standard InChI is InChI=1S/C15H15F2NO/c1-19-10-12-6-3-2-5-11(12)9-18-15-13(16)7-4-8-14(15)17/h2-8,18H,9-10H2,1H3. The molecule has 0 amide bonds. The van der Waals surface area contributed by atoms with Crippen LogP contribution in [-0.2, 0) is 17.9 Å². The highest BCUT2D eigenvalue weighted by atomic mass is 19.1. The van der Waals surface area contributed by atoms with Crippen LogP contribution in [0.4, 0.5) is 14.5 Å². The van der Waals surface area contributed by atoms with Crippen LogP contribution in [0.5, 0.6) is 0 Å². The topological polar surface area (TPSA) is 21.3 Å². The highest BCUT2D eigenvalue weighted by Gasteiger charge is 2.08. The maximum atomic E-state index is 13.5. The van der Waals surface area contributed by atoms with Crippen molar-refractivity contribution in [3.63, 3.8) is 0 Å². The summed E-state index contributed by atoms with van der Waals surface area (Å²) in [5.74, 6) is -1.19. The second-order valence-electron chi connectivity index (χ2n) is 4.15. The van der Waals surface area contributed by atoms with Crippen LogP contribution in [0.25, 0.3) is 0 Å². The maximum absolute atomic E-state index is 13.5. The minimum Gasteiger partial charge on any atom is -0.380 e. The molecule has 0 radical (unpaired) electrons. The molecule has 0 unspecified atom stereocenters. The van der Waals surface area contributed by atoms with E-state index in [1.54, 1.807) is 7.11 Å². The predicted molar refractivity (Wildman–Crippen MR) is 70.8 cm³/mol. The number of hydrogen-bond donors (Lipinski definition) is 1. The van der Waals surface area contributed by atoms with Crippen molar-refractivity contribution in [3.05, 3.63) is 65.2 Å². The van der Waals surface area contributed by atoms with Gasteiger partial charge in [-0.3, -0.25) is 0 Å². The van der Waals surface area contributed by atoms with Crippen LogP contribution in [0.2, 0.25) is 0 Å². The van der Waals surface area contributed by atoms with E-state index >= 15 is 0 Å². The summed E-state index contributed by atoms with van der Waals surface area (Å²) in [5.41, 5.74) is 1.84. The van der Waals surface area contributed by atoms with Gasteiger partial charge in [0.05, 0.1) is 6.61 Å². The van der Waals surface area contributed by atoms with Gasteiger partial charge in [-0.1, -0.05) is 30.3 Å². The molecule has 2 nitrogen and oxygen atoms in total. The van der Waals surface area contributed by atoms with Crippen molar-refractivity contribution < 1.29 is 13.5 Å². The molecule has 0 aliphatic heterocycles. The normalized spacial score (nSPS) is 10.5. The lowest BCUT2D eigenvalue weighted by Gasteiger charge is -2.12. The van der Waals surface area contributed by atoms with Crippen LogP contribution in [-0.4, -0.2) is 7.11 Å². The number of nitrogens with one attached hydrogen (secondary N) is 1. The summed E-state index contributed by atoms with van der Waals surface area (Å²) < 4.78 is 32.0. The molecule has 19 heavy (non-hydrogen) atoms. The third-order valence-corrected chi connectivity index (χ3v) is 2.84. The van der Waals surface area contributed by atoms with Crippen LogP contribution < -0.4 is 5.32 Å². The fraction of sp³-hybridized carbons (Fsp3) is 0.200. The Morgan fingerprint density at radius 2 is 1.58 bits per heavy atom. The zero-order valence-corrected chi connectivity index (χ0v) is 10.6. The molecule has 0 spiro atoms. The van der Waals surface area contributed by atoms with Crippen molar-refractivity contribution in [2.24, 2.45) is 0 Å². The van der Waals surface area contributed by atoms with Gasteiger partial charge in [-0.05, 0) is 23.3 Å². The van der Waals surface area contributed by atoms with E-state index in [0.29, 0.717) is 13.2 Å². The highest BCUT2D eigenvalue weighted by Crippen LogP contribution is 2.20. The quantitative estimate of drug-likeness (QED) is 0.887. The first kappa shape index (κ1) is 13.5. The minimum absolute atomic E-state index is 0.102. The number of rotatable bonds is 5. The Labute approximate surface area is 111 Å². The fourth-order valence-corrected chi connectivity index (χ4v) is 1.88. The van der Waals surface area contributed by atoms with Crippen molar-refractivity contribution in [2.45, 2.75) is 13.2 Å². The van der Waals surface area contributed by atoms with Crippen molar-refractivity contribution in [3.8, 4) is 0 Å². The van der Waals surface area contributed by atoms with Gasteiger partial charge < -0.3 is 10.1 Å². The van der Waals surface area contributed by atoms with E-state index in [4.69, 9.17) is 4.74 Å². The summed E-state index contributed by atoms with van der Waals surface area (Å²) in [7, 11) is 1.61. The molecule has 0 aliphatic carbocycles. The number of hydrogen-bond acceptors (Lipinski definition) is 2. The van der Waals surface area contributed by atoms with E-state index < -0.39 is 11.6 Å². The Morgan fingerprint density at radius 3 is 2.21 bits per heavy atom. The van der Waals surface area contributed by atoms with E-state index in [2.05, 4.69) is 5.32 Å². The SMILES string of the molecule is COCc1ccccc1CNc1c(F)cccc1F. The number of benzene rings is 2. The van der Waals surface area contributed by atoms with Gasteiger partial charge in [-0.25, -0.2) is 8.78 Å². The largest absolute Gasteiger partial charge is 0.380 e. The Kier molecular flexibility index (Phi) is 4.47. The lowest BCUT2D eigenvalue weighted by atomic mass is 10.1. The first-order valence-corrected chi connectivity index (χ1v) is 5.96. The van der Waals surface area contributed by atoms with E-state index in [0.717, 1.165) is 11.1 Å². The zero-order valence-electron chi connectivity index (χ0n) is 10.6. The minimum atomic E-state index is -0.593. The van der Waals surface area contributed by atoms with Crippen molar-refractivity contribution >= 4 is 5.69 Å².